The van der Waals surface area contributed by atoms with Gasteiger partial charge in [0.05, 0.1) is 5.41 Å². The summed E-state index contributed by atoms with van der Waals surface area (Å²) < 4.78 is 0. The first-order valence-corrected chi connectivity index (χ1v) is 6.09. The molecule has 2 amide bonds. The maximum Gasteiger partial charge on any atom is 0.320 e. The highest BCUT2D eigenvalue weighted by Gasteiger charge is 2.45. The first-order chi connectivity index (χ1) is 7.84. The van der Waals surface area contributed by atoms with Gasteiger partial charge < -0.3 is 14.9 Å². The van der Waals surface area contributed by atoms with Crippen molar-refractivity contribution >= 4 is 12.0 Å². The minimum absolute atomic E-state index is 0.0726. The smallest absolute Gasteiger partial charge is 0.320 e. The average Bonchev–Trinajstić information content (AvgIpc) is 2.72. The molecule has 1 heterocycles. The second-order valence-electron chi connectivity index (χ2n) is 5.10. The highest BCUT2D eigenvalue weighted by molar-refractivity contribution is 5.79. The van der Waals surface area contributed by atoms with Crippen LogP contribution in [0.15, 0.2) is 0 Å². The van der Waals surface area contributed by atoms with Gasteiger partial charge in [0.25, 0.3) is 0 Å². The summed E-state index contributed by atoms with van der Waals surface area (Å²) in [5.41, 5.74) is -0.743. The van der Waals surface area contributed by atoms with E-state index in [1.54, 1.807) is 16.8 Å². The second-order valence-corrected chi connectivity index (χ2v) is 5.10. The summed E-state index contributed by atoms with van der Waals surface area (Å²) in [5, 5.41) is 9.26. The van der Waals surface area contributed by atoms with Gasteiger partial charge in [-0.3, -0.25) is 4.79 Å². The molecule has 5 nitrogen and oxygen atoms in total. The summed E-state index contributed by atoms with van der Waals surface area (Å²) >= 11 is 0. The van der Waals surface area contributed by atoms with Crippen molar-refractivity contribution in [2.45, 2.75) is 39.7 Å². The Morgan fingerprint density at radius 3 is 2.41 bits per heavy atom. The van der Waals surface area contributed by atoms with E-state index in [0.717, 1.165) is 0 Å². The van der Waals surface area contributed by atoms with Crippen molar-refractivity contribution in [3.63, 3.8) is 0 Å². The van der Waals surface area contributed by atoms with E-state index in [-0.39, 0.29) is 12.1 Å². The molecule has 1 unspecified atom stereocenters. The molecule has 1 aliphatic rings. The van der Waals surface area contributed by atoms with E-state index < -0.39 is 11.4 Å². The molecule has 1 atom stereocenters. The Morgan fingerprint density at radius 2 is 2.06 bits per heavy atom. The second kappa shape index (κ2) is 4.94. The lowest BCUT2D eigenvalue weighted by molar-refractivity contribution is -0.148. The van der Waals surface area contributed by atoms with E-state index in [2.05, 4.69) is 0 Å². The number of amides is 2. The molecule has 0 bridgehead atoms. The highest BCUT2D eigenvalue weighted by Crippen LogP contribution is 2.34. The standard InChI is InChI=1S/C12H22N2O3/c1-5-12(10(15)16)6-7-14(8-12)11(17)13(4)9(2)3/h9H,5-8H2,1-4H3,(H,15,16). The first-order valence-electron chi connectivity index (χ1n) is 6.09. The molecule has 0 radical (unpaired) electrons. The molecule has 0 aromatic carbocycles. The van der Waals surface area contributed by atoms with Gasteiger partial charge in [-0.15, -0.1) is 0 Å². The van der Waals surface area contributed by atoms with Crippen LogP contribution in [0, 0.1) is 5.41 Å². The van der Waals surface area contributed by atoms with Crippen molar-refractivity contribution in [2.75, 3.05) is 20.1 Å². The van der Waals surface area contributed by atoms with E-state index in [1.807, 2.05) is 20.8 Å². The summed E-state index contributed by atoms with van der Waals surface area (Å²) in [6.07, 6.45) is 1.12. The summed E-state index contributed by atoms with van der Waals surface area (Å²) in [7, 11) is 1.75. The zero-order valence-electron chi connectivity index (χ0n) is 11.1. The van der Waals surface area contributed by atoms with E-state index in [9.17, 15) is 14.7 Å². The van der Waals surface area contributed by atoms with Gasteiger partial charge in [-0.05, 0) is 26.7 Å². The number of nitrogens with zero attached hydrogens (tertiary/aromatic N) is 2. The van der Waals surface area contributed by atoms with Gasteiger partial charge in [0.2, 0.25) is 0 Å². The molecular weight excluding hydrogens is 220 g/mol. The fourth-order valence-corrected chi connectivity index (χ4v) is 2.09. The Bertz CT molecular complexity index is 317. The topological polar surface area (TPSA) is 60.9 Å². The minimum atomic E-state index is -0.789. The maximum absolute atomic E-state index is 12.1. The van der Waals surface area contributed by atoms with Gasteiger partial charge in [-0.25, -0.2) is 4.79 Å². The number of carbonyl (C=O) groups excluding carboxylic acids is 1. The third-order valence-electron chi connectivity index (χ3n) is 3.83. The molecule has 0 aromatic heterocycles. The number of aliphatic carboxylic acids is 1. The lowest BCUT2D eigenvalue weighted by Crippen LogP contribution is -2.44. The van der Waals surface area contributed by atoms with Crippen LogP contribution >= 0.6 is 0 Å². The Hall–Kier alpha value is -1.26. The molecule has 0 spiro atoms. The normalized spacial score (nSPS) is 24.2. The van der Waals surface area contributed by atoms with Crippen LogP contribution in [0.3, 0.4) is 0 Å². The van der Waals surface area contributed by atoms with Gasteiger partial charge in [0.1, 0.15) is 0 Å². The molecule has 5 heteroatoms. The molecule has 17 heavy (non-hydrogen) atoms. The number of carbonyl (C=O) groups is 2. The number of carboxylic acids is 1. The first kappa shape index (κ1) is 13.8. The lowest BCUT2D eigenvalue weighted by Gasteiger charge is -2.29. The fourth-order valence-electron chi connectivity index (χ4n) is 2.09. The predicted octanol–water partition coefficient (Wildman–Crippen LogP) is 1.63. The Kier molecular flexibility index (Phi) is 4.01. The monoisotopic (exact) mass is 242 g/mol. The zero-order valence-corrected chi connectivity index (χ0v) is 11.1. The van der Waals surface area contributed by atoms with E-state index in [4.69, 9.17) is 0 Å². The molecule has 0 aromatic rings. The molecule has 1 N–H and O–H groups in total. The Morgan fingerprint density at radius 1 is 1.47 bits per heavy atom. The zero-order chi connectivity index (χ0) is 13.2. The maximum atomic E-state index is 12.1. The SMILES string of the molecule is CCC1(C(=O)O)CCN(C(=O)N(C)C(C)C)C1. The molecule has 1 fully saturated rings. The number of carboxylic acid groups (broad SMARTS) is 1. The number of rotatable bonds is 3. The molecule has 0 saturated carbocycles. The summed E-state index contributed by atoms with van der Waals surface area (Å²) in [6, 6.07) is 0.0560. The Balaban J connectivity index is 2.73. The third kappa shape index (κ3) is 2.53. The summed E-state index contributed by atoms with van der Waals surface area (Å²) in [4.78, 5) is 26.6. The lowest BCUT2D eigenvalue weighted by atomic mass is 9.84. The van der Waals surface area contributed by atoms with Crippen LogP contribution < -0.4 is 0 Å². The van der Waals surface area contributed by atoms with E-state index in [1.165, 1.54) is 0 Å². The van der Waals surface area contributed by atoms with Crippen molar-refractivity contribution in [2.24, 2.45) is 5.41 Å². The molecule has 1 saturated heterocycles. The largest absolute Gasteiger partial charge is 0.481 e. The van der Waals surface area contributed by atoms with Crippen molar-refractivity contribution in [1.82, 2.24) is 9.80 Å². The van der Waals surface area contributed by atoms with Crippen LogP contribution in [0.4, 0.5) is 4.79 Å². The quantitative estimate of drug-likeness (QED) is 0.818. The van der Waals surface area contributed by atoms with Crippen LogP contribution in [0.25, 0.3) is 0 Å². The Labute approximate surface area is 102 Å². The predicted molar refractivity (Wildman–Crippen MR) is 64.8 cm³/mol. The van der Waals surface area contributed by atoms with Gasteiger partial charge in [-0.2, -0.15) is 0 Å². The third-order valence-corrected chi connectivity index (χ3v) is 3.83. The number of hydrogen-bond acceptors (Lipinski definition) is 2. The van der Waals surface area contributed by atoms with Crippen molar-refractivity contribution in [3.8, 4) is 0 Å². The number of likely N-dealkylation sites (tertiary alicyclic amines) is 1. The molecule has 98 valence electrons. The van der Waals surface area contributed by atoms with Crippen molar-refractivity contribution in [3.05, 3.63) is 0 Å². The molecule has 0 aliphatic carbocycles. The average molecular weight is 242 g/mol. The fraction of sp³-hybridized carbons (Fsp3) is 0.833. The number of urea groups is 1. The van der Waals surface area contributed by atoms with Gasteiger partial charge in [-0.1, -0.05) is 6.92 Å². The van der Waals surface area contributed by atoms with Crippen LogP contribution in [0.2, 0.25) is 0 Å². The van der Waals surface area contributed by atoms with Gasteiger partial charge in [0.15, 0.2) is 0 Å². The van der Waals surface area contributed by atoms with Crippen molar-refractivity contribution < 1.29 is 14.7 Å². The highest BCUT2D eigenvalue weighted by atomic mass is 16.4. The van der Waals surface area contributed by atoms with Gasteiger partial charge >= 0.3 is 12.0 Å². The summed E-state index contributed by atoms with van der Waals surface area (Å²) in [5.74, 6) is -0.789. The molecule has 1 aliphatic heterocycles. The molecular formula is C12H22N2O3. The van der Waals surface area contributed by atoms with Gasteiger partial charge in [0, 0.05) is 26.2 Å². The summed E-state index contributed by atoms with van der Waals surface area (Å²) in [6.45, 7) is 6.62. The van der Waals surface area contributed by atoms with Crippen LogP contribution in [0.5, 0.6) is 0 Å². The van der Waals surface area contributed by atoms with Crippen molar-refractivity contribution in [1.29, 1.82) is 0 Å². The van der Waals surface area contributed by atoms with Crippen LogP contribution in [0.1, 0.15) is 33.6 Å². The number of hydrogen-bond donors (Lipinski definition) is 1. The van der Waals surface area contributed by atoms with Crippen LogP contribution in [-0.4, -0.2) is 53.1 Å². The van der Waals surface area contributed by atoms with E-state index >= 15 is 0 Å². The van der Waals surface area contributed by atoms with E-state index in [0.29, 0.717) is 25.9 Å². The molecule has 1 rings (SSSR count). The van der Waals surface area contributed by atoms with Crippen LogP contribution in [-0.2, 0) is 4.79 Å². The minimum Gasteiger partial charge on any atom is -0.481 e.